The Balaban J connectivity index is 1.86. The average Bonchev–Trinajstić information content (AvgIpc) is 3.06. The molecule has 5 nitrogen and oxygen atoms in total. The van der Waals surface area contributed by atoms with Gasteiger partial charge in [0.15, 0.2) is 0 Å². The number of hydrogen-bond acceptors (Lipinski definition) is 4. The quantitative estimate of drug-likeness (QED) is 0.290. The van der Waals surface area contributed by atoms with Gasteiger partial charge in [-0.25, -0.2) is 4.39 Å². The summed E-state index contributed by atoms with van der Waals surface area (Å²) in [5, 5.41) is 11.0. The number of ether oxygens (including phenoxy) is 1. The van der Waals surface area contributed by atoms with E-state index in [4.69, 9.17) is 16.3 Å². The molecule has 1 saturated heterocycles. The zero-order valence-electron chi connectivity index (χ0n) is 18.0. The fraction of sp³-hybridized carbons (Fsp3) is 0.154. The van der Waals surface area contributed by atoms with Gasteiger partial charge in [0, 0.05) is 11.3 Å². The van der Waals surface area contributed by atoms with Crippen LogP contribution in [0.5, 0.6) is 5.75 Å². The first-order valence-corrected chi connectivity index (χ1v) is 10.7. The molecule has 7 heteroatoms. The highest BCUT2D eigenvalue weighted by atomic mass is 35.5. The number of aliphatic hydroxyl groups excluding tert-OH is 1. The van der Waals surface area contributed by atoms with Crippen molar-refractivity contribution in [1.82, 2.24) is 0 Å². The molecule has 1 N–H and O–H groups in total. The van der Waals surface area contributed by atoms with E-state index in [-0.39, 0.29) is 28.1 Å². The minimum absolute atomic E-state index is 0.0182. The van der Waals surface area contributed by atoms with Crippen molar-refractivity contribution in [2.24, 2.45) is 0 Å². The lowest BCUT2D eigenvalue weighted by molar-refractivity contribution is -0.132. The number of carbonyl (C=O) groups is 2. The summed E-state index contributed by atoms with van der Waals surface area (Å²) in [4.78, 5) is 27.4. The van der Waals surface area contributed by atoms with Crippen molar-refractivity contribution in [1.29, 1.82) is 0 Å². The maximum atomic E-state index is 13.8. The van der Waals surface area contributed by atoms with Crippen molar-refractivity contribution in [2.45, 2.75) is 26.0 Å². The second kappa shape index (κ2) is 9.08. The Morgan fingerprint density at radius 3 is 2.30 bits per heavy atom. The molecule has 1 atom stereocenters. The van der Waals surface area contributed by atoms with Gasteiger partial charge in [-0.1, -0.05) is 41.9 Å². The summed E-state index contributed by atoms with van der Waals surface area (Å²) >= 11 is 5.94. The van der Waals surface area contributed by atoms with Crippen LogP contribution in [0, 0.1) is 5.82 Å². The standard InChI is InChI=1S/C26H21ClFNO4/c1-15(2)33-19-11-8-17(9-12-19)24(30)22-23(16-6-4-3-5-7-16)29(26(32)25(22)31)18-10-13-21(28)20(27)14-18/h3-15,23,30H,1-2H3/b24-22+. The molecule has 1 aliphatic rings. The Morgan fingerprint density at radius 1 is 1.03 bits per heavy atom. The molecule has 3 aromatic rings. The molecule has 0 bridgehead atoms. The summed E-state index contributed by atoms with van der Waals surface area (Å²) < 4.78 is 19.4. The largest absolute Gasteiger partial charge is 0.507 e. The van der Waals surface area contributed by atoms with Crippen LogP contribution >= 0.6 is 11.6 Å². The van der Waals surface area contributed by atoms with Crippen LogP contribution in [0.4, 0.5) is 10.1 Å². The van der Waals surface area contributed by atoms with E-state index in [2.05, 4.69) is 0 Å². The topological polar surface area (TPSA) is 66.8 Å². The predicted octanol–water partition coefficient (Wildman–Crippen LogP) is 5.89. The Bertz CT molecular complexity index is 1240. The van der Waals surface area contributed by atoms with Crippen molar-refractivity contribution < 1.29 is 23.8 Å². The van der Waals surface area contributed by atoms with Crippen LogP contribution in [-0.2, 0) is 9.59 Å². The van der Waals surface area contributed by atoms with E-state index in [1.54, 1.807) is 54.6 Å². The Labute approximate surface area is 195 Å². The number of anilines is 1. The maximum absolute atomic E-state index is 13.8. The van der Waals surface area contributed by atoms with Gasteiger partial charge in [-0.05, 0) is 61.9 Å². The first-order chi connectivity index (χ1) is 15.8. The summed E-state index contributed by atoms with van der Waals surface area (Å²) in [7, 11) is 0. The molecule has 1 amide bonds. The van der Waals surface area contributed by atoms with Crippen LogP contribution in [0.15, 0.2) is 78.4 Å². The first kappa shape index (κ1) is 22.6. The smallest absolute Gasteiger partial charge is 0.300 e. The number of hydrogen-bond donors (Lipinski definition) is 1. The van der Waals surface area contributed by atoms with Crippen LogP contribution in [0.3, 0.4) is 0 Å². The van der Waals surface area contributed by atoms with Gasteiger partial charge >= 0.3 is 0 Å². The fourth-order valence-electron chi connectivity index (χ4n) is 3.80. The highest BCUT2D eigenvalue weighted by Crippen LogP contribution is 2.42. The van der Waals surface area contributed by atoms with Crippen LogP contribution in [0.25, 0.3) is 5.76 Å². The number of nitrogens with zero attached hydrogens (tertiary/aromatic N) is 1. The summed E-state index contributed by atoms with van der Waals surface area (Å²) in [6.45, 7) is 3.80. The van der Waals surface area contributed by atoms with Gasteiger partial charge in [0.25, 0.3) is 11.7 Å². The van der Waals surface area contributed by atoms with Crippen molar-refractivity contribution >= 4 is 34.7 Å². The van der Waals surface area contributed by atoms with E-state index in [1.165, 1.54) is 17.0 Å². The molecule has 0 aliphatic carbocycles. The lowest BCUT2D eigenvalue weighted by atomic mass is 9.95. The second-order valence-electron chi connectivity index (χ2n) is 7.87. The second-order valence-corrected chi connectivity index (χ2v) is 8.28. The number of benzene rings is 3. The lowest BCUT2D eigenvalue weighted by Crippen LogP contribution is -2.29. The third-order valence-corrected chi connectivity index (χ3v) is 5.53. The van der Waals surface area contributed by atoms with Crippen LogP contribution in [0.1, 0.15) is 31.0 Å². The summed E-state index contributed by atoms with van der Waals surface area (Å²) in [6.07, 6.45) is -0.0182. The zero-order valence-corrected chi connectivity index (χ0v) is 18.7. The van der Waals surface area contributed by atoms with E-state index in [9.17, 15) is 19.1 Å². The van der Waals surface area contributed by atoms with Crippen LogP contribution in [0.2, 0.25) is 5.02 Å². The molecular weight excluding hydrogens is 445 g/mol. The molecule has 1 heterocycles. The molecule has 1 fully saturated rings. The minimum Gasteiger partial charge on any atom is -0.507 e. The maximum Gasteiger partial charge on any atom is 0.300 e. The highest BCUT2D eigenvalue weighted by Gasteiger charge is 2.47. The van der Waals surface area contributed by atoms with Gasteiger partial charge in [0.2, 0.25) is 0 Å². The Kier molecular flexibility index (Phi) is 6.20. The van der Waals surface area contributed by atoms with Crippen molar-refractivity contribution in [2.75, 3.05) is 4.90 Å². The molecule has 168 valence electrons. The Hall–Kier alpha value is -3.64. The monoisotopic (exact) mass is 465 g/mol. The number of amides is 1. The van der Waals surface area contributed by atoms with Gasteiger partial charge in [-0.3, -0.25) is 14.5 Å². The SMILES string of the molecule is CC(C)Oc1ccc(/C(O)=C2\C(=O)C(=O)N(c3ccc(F)c(Cl)c3)C2c2ccccc2)cc1. The van der Waals surface area contributed by atoms with Crippen molar-refractivity contribution in [3.8, 4) is 5.75 Å². The molecular formula is C26H21ClFNO4. The third-order valence-electron chi connectivity index (χ3n) is 5.24. The van der Waals surface area contributed by atoms with Crippen molar-refractivity contribution in [3.05, 3.63) is 100 Å². The van der Waals surface area contributed by atoms with Crippen LogP contribution < -0.4 is 9.64 Å². The highest BCUT2D eigenvalue weighted by molar-refractivity contribution is 6.51. The summed E-state index contributed by atoms with van der Waals surface area (Å²) in [6, 6.07) is 18.3. The summed E-state index contributed by atoms with van der Waals surface area (Å²) in [5.74, 6) is -2.02. The number of rotatable bonds is 5. The van der Waals surface area contributed by atoms with E-state index in [0.717, 1.165) is 6.07 Å². The minimum atomic E-state index is -0.917. The molecule has 1 unspecified atom stereocenters. The molecule has 33 heavy (non-hydrogen) atoms. The molecule has 0 saturated carbocycles. The molecule has 4 rings (SSSR count). The van der Waals surface area contributed by atoms with Gasteiger partial charge in [-0.2, -0.15) is 0 Å². The molecule has 0 spiro atoms. The molecule has 1 aliphatic heterocycles. The zero-order chi connectivity index (χ0) is 23.7. The summed E-state index contributed by atoms with van der Waals surface area (Å²) in [5.41, 5.74) is 1.15. The lowest BCUT2D eigenvalue weighted by Gasteiger charge is -2.25. The van der Waals surface area contributed by atoms with E-state index in [1.807, 2.05) is 13.8 Å². The van der Waals surface area contributed by atoms with Crippen molar-refractivity contribution in [3.63, 3.8) is 0 Å². The number of halogens is 2. The third kappa shape index (κ3) is 4.34. The molecule has 0 aromatic heterocycles. The van der Waals surface area contributed by atoms with E-state index < -0.39 is 23.5 Å². The number of ketones is 1. The van der Waals surface area contributed by atoms with Gasteiger partial charge < -0.3 is 9.84 Å². The van der Waals surface area contributed by atoms with E-state index in [0.29, 0.717) is 16.9 Å². The van der Waals surface area contributed by atoms with Gasteiger partial charge in [0.05, 0.1) is 22.7 Å². The molecule has 0 radical (unpaired) electrons. The van der Waals surface area contributed by atoms with Gasteiger partial charge in [0.1, 0.15) is 17.3 Å². The predicted molar refractivity (Wildman–Crippen MR) is 125 cm³/mol. The first-order valence-electron chi connectivity index (χ1n) is 10.4. The van der Waals surface area contributed by atoms with Crippen LogP contribution in [-0.4, -0.2) is 22.9 Å². The van der Waals surface area contributed by atoms with Gasteiger partial charge in [-0.15, -0.1) is 0 Å². The normalized spacial score (nSPS) is 17.6. The number of aliphatic hydroxyl groups is 1. The number of carbonyl (C=O) groups excluding carboxylic acids is 2. The fourth-order valence-corrected chi connectivity index (χ4v) is 3.98. The Morgan fingerprint density at radius 2 is 1.70 bits per heavy atom. The molecule has 3 aromatic carbocycles. The number of Topliss-reactive ketones (excluding diaryl/α,β-unsaturated/α-hetero) is 1. The van der Waals surface area contributed by atoms with E-state index >= 15 is 0 Å². The average molecular weight is 466 g/mol.